The van der Waals surface area contributed by atoms with Crippen LogP contribution in [0.1, 0.15) is 12.1 Å². The Labute approximate surface area is 119 Å². The number of anilines is 1. The first-order chi connectivity index (χ1) is 8.36. The summed E-state index contributed by atoms with van der Waals surface area (Å²) in [5.74, 6) is -1.11. The van der Waals surface area contributed by atoms with Crippen LogP contribution in [0.2, 0.25) is 0 Å². The van der Waals surface area contributed by atoms with Crippen molar-refractivity contribution in [3.63, 3.8) is 0 Å². The van der Waals surface area contributed by atoms with Gasteiger partial charge in [-0.2, -0.15) is 13.2 Å². The molecule has 0 bridgehead atoms. The summed E-state index contributed by atoms with van der Waals surface area (Å²) in [6, 6.07) is 2.26. The molecule has 1 aromatic heterocycles. The zero-order valence-electron chi connectivity index (χ0n) is 10.3. The zero-order chi connectivity index (χ0) is 13.3. The van der Waals surface area contributed by atoms with Gasteiger partial charge in [-0.25, -0.2) is 4.98 Å². The van der Waals surface area contributed by atoms with Gasteiger partial charge >= 0.3 is 25.0 Å². The fraction of sp³-hybridized carbons (Fsp3) is 0.455. The van der Waals surface area contributed by atoms with Gasteiger partial charge < -0.3 is 14.8 Å². The molecular weight excluding hydrogens is 256 g/mol. The zero-order valence-corrected chi connectivity index (χ0v) is 10.3. The number of aliphatic carboxylic acids is 1. The summed E-state index contributed by atoms with van der Waals surface area (Å²) in [5, 5.41) is 10.3. The number of carbonyl (C=O) groups is 1. The molecule has 1 aliphatic rings. The van der Waals surface area contributed by atoms with Gasteiger partial charge in [-0.3, -0.25) is 0 Å². The molecule has 4 nitrogen and oxygen atoms in total. The second-order valence-electron chi connectivity index (χ2n) is 4.25. The van der Waals surface area contributed by atoms with Crippen LogP contribution in [0, 0.1) is 5.92 Å². The minimum absolute atomic E-state index is 0. The summed E-state index contributed by atoms with van der Waals surface area (Å²) >= 11 is 0. The number of rotatable bonds is 3. The number of hydrogen-bond acceptors (Lipinski definition) is 4. The largest absolute Gasteiger partial charge is 1.00 e. The number of alkyl halides is 3. The Balaban J connectivity index is 0.00000180. The van der Waals surface area contributed by atoms with E-state index in [9.17, 15) is 23.1 Å². The van der Waals surface area contributed by atoms with Crippen molar-refractivity contribution in [2.45, 2.75) is 12.6 Å². The Morgan fingerprint density at radius 1 is 1.42 bits per heavy atom. The van der Waals surface area contributed by atoms with Gasteiger partial charge in [0.1, 0.15) is 5.69 Å². The number of nitrogens with zero attached hydrogens (tertiary/aromatic N) is 2. The van der Waals surface area contributed by atoms with Gasteiger partial charge in [0.25, 0.3) is 0 Å². The monoisotopic (exact) mass is 266 g/mol. The van der Waals surface area contributed by atoms with Crippen molar-refractivity contribution in [3.05, 3.63) is 24.0 Å². The van der Waals surface area contributed by atoms with Crippen molar-refractivity contribution < 1.29 is 41.9 Å². The number of carboxylic acids is 1. The molecule has 0 unspecified atom stereocenters. The van der Waals surface area contributed by atoms with Crippen LogP contribution in [0.4, 0.5) is 18.9 Å². The molecule has 1 saturated heterocycles. The third-order valence-electron chi connectivity index (χ3n) is 2.82. The first-order valence-corrected chi connectivity index (χ1v) is 5.34. The van der Waals surface area contributed by atoms with Gasteiger partial charge in [0, 0.05) is 19.1 Å². The Bertz CT molecular complexity index is 444. The Hall–Kier alpha value is -1.19. The number of hydrogen-bond donors (Lipinski definition) is 0. The number of carboxylic acid groups (broad SMARTS) is 1. The van der Waals surface area contributed by atoms with Gasteiger partial charge in [-0.05, 0) is 24.5 Å². The Morgan fingerprint density at radius 2 is 2.05 bits per heavy atom. The molecular formula is C11H10F3LiN2O2. The first kappa shape index (κ1) is 15.9. The predicted molar refractivity (Wildman–Crippen MR) is 54.6 cm³/mol. The molecule has 0 aliphatic carbocycles. The predicted octanol–water partition coefficient (Wildman–Crippen LogP) is -2.32. The summed E-state index contributed by atoms with van der Waals surface area (Å²) in [5.41, 5.74) is -0.365. The van der Waals surface area contributed by atoms with E-state index >= 15 is 0 Å². The van der Waals surface area contributed by atoms with Crippen LogP contribution >= 0.6 is 0 Å². The molecule has 0 aromatic carbocycles. The summed E-state index contributed by atoms with van der Waals surface area (Å²) in [6.45, 7) is 1.00. The fourth-order valence-corrected chi connectivity index (χ4v) is 1.89. The molecule has 0 N–H and O–H groups in total. The van der Waals surface area contributed by atoms with E-state index in [-0.39, 0.29) is 31.2 Å². The molecule has 0 saturated carbocycles. The van der Waals surface area contributed by atoms with Crippen LogP contribution in [0.15, 0.2) is 18.3 Å². The normalized spacial score (nSPS) is 15.6. The Kier molecular flexibility index (Phi) is 4.88. The second kappa shape index (κ2) is 5.84. The van der Waals surface area contributed by atoms with E-state index in [1.165, 1.54) is 6.07 Å². The molecule has 0 amide bonds. The van der Waals surface area contributed by atoms with Crippen molar-refractivity contribution in [3.8, 4) is 0 Å². The quantitative estimate of drug-likeness (QED) is 0.576. The van der Waals surface area contributed by atoms with Crippen molar-refractivity contribution in [1.82, 2.24) is 4.98 Å². The van der Waals surface area contributed by atoms with Gasteiger partial charge in [0.2, 0.25) is 0 Å². The minimum Gasteiger partial charge on any atom is -0.550 e. The second-order valence-corrected chi connectivity index (χ2v) is 4.25. The molecule has 98 valence electrons. The molecule has 1 aliphatic heterocycles. The molecule has 1 aromatic rings. The third-order valence-corrected chi connectivity index (χ3v) is 2.82. The summed E-state index contributed by atoms with van der Waals surface area (Å²) < 4.78 is 36.8. The fourth-order valence-electron chi connectivity index (χ4n) is 1.89. The van der Waals surface area contributed by atoms with E-state index < -0.39 is 17.8 Å². The van der Waals surface area contributed by atoms with E-state index in [0.717, 1.165) is 12.3 Å². The maximum atomic E-state index is 12.3. The molecule has 0 spiro atoms. The van der Waals surface area contributed by atoms with Gasteiger partial charge in [0.15, 0.2) is 0 Å². The van der Waals surface area contributed by atoms with Crippen molar-refractivity contribution >= 4 is 11.7 Å². The third kappa shape index (κ3) is 3.88. The molecule has 8 heteroatoms. The van der Waals surface area contributed by atoms with Crippen LogP contribution in [-0.2, 0) is 11.0 Å². The number of carbonyl (C=O) groups excluding carboxylic acids is 1. The summed E-state index contributed by atoms with van der Waals surface area (Å²) in [7, 11) is 0. The number of pyridine rings is 1. The van der Waals surface area contributed by atoms with Crippen molar-refractivity contribution in [2.24, 2.45) is 5.92 Å². The van der Waals surface area contributed by atoms with Crippen LogP contribution in [0.3, 0.4) is 0 Å². The van der Waals surface area contributed by atoms with Crippen LogP contribution in [-0.4, -0.2) is 24.0 Å². The maximum absolute atomic E-state index is 12.3. The standard InChI is InChI=1S/C11H11F3N2O2.Li/c12-11(13,14)9-2-1-8(4-15-9)16-5-7(6-16)3-10(17)18;/h1-2,4,7H,3,5-6H2,(H,17,18);/q;+1/p-1. The topological polar surface area (TPSA) is 56.3 Å². The van der Waals surface area contributed by atoms with E-state index in [4.69, 9.17) is 0 Å². The van der Waals surface area contributed by atoms with E-state index in [1.807, 2.05) is 0 Å². The molecule has 19 heavy (non-hydrogen) atoms. The summed E-state index contributed by atoms with van der Waals surface area (Å²) in [6.07, 6.45) is -3.31. The van der Waals surface area contributed by atoms with Crippen LogP contribution in [0.5, 0.6) is 0 Å². The smallest absolute Gasteiger partial charge is 0.550 e. The average molecular weight is 266 g/mol. The average Bonchev–Trinajstić information content (AvgIpc) is 2.21. The maximum Gasteiger partial charge on any atom is 1.00 e. The number of aromatic nitrogens is 1. The molecule has 2 heterocycles. The summed E-state index contributed by atoms with van der Waals surface area (Å²) in [4.78, 5) is 15.5. The van der Waals surface area contributed by atoms with Crippen molar-refractivity contribution in [2.75, 3.05) is 18.0 Å². The molecule has 0 radical (unpaired) electrons. The van der Waals surface area contributed by atoms with Gasteiger partial charge in [-0.15, -0.1) is 0 Å². The SMILES string of the molecule is O=C([O-])CC1CN(c2ccc(C(F)(F)F)nc2)C1.[Li+]. The van der Waals surface area contributed by atoms with E-state index in [1.54, 1.807) is 4.90 Å². The number of halogens is 3. The van der Waals surface area contributed by atoms with Gasteiger partial charge in [0.05, 0.1) is 11.9 Å². The minimum atomic E-state index is -4.44. The Morgan fingerprint density at radius 3 is 2.47 bits per heavy atom. The van der Waals surface area contributed by atoms with E-state index in [0.29, 0.717) is 18.8 Å². The molecule has 2 rings (SSSR count). The molecule has 1 fully saturated rings. The van der Waals surface area contributed by atoms with Crippen molar-refractivity contribution in [1.29, 1.82) is 0 Å². The van der Waals surface area contributed by atoms with Crippen LogP contribution < -0.4 is 28.9 Å². The van der Waals surface area contributed by atoms with Crippen LogP contribution in [0.25, 0.3) is 0 Å². The molecule has 0 atom stereocenters. The first-order valence-electron chi connectivity index (χ1n) is 5.34. The van der Waals surface area contributed by atoms with E-state index in [2.05, 4.69) is 4.98 Å². The van der Waals surface area contributed by atoms with Gasteiger partial charge in [-0.1, -0.05) is 0 Å².